The van der Waals surface area contributed by atoms with E-state index in [1.807, 2.05) is 18.2 Å². The Morgan fingerprint density at radius 1 is 1.29 bits per heavy atom. The van der Waals surface area contributed by atoms with Crippen molar-refractivity contribution < 1.29 is 9.90 Å². The molecule has 1 aliphatic rings. The lowest BCUT2D eigenvalue weighted by Gasteiger charge is -2.18. The summed E-state index contributed by atoms with van der Waals surface area (Å²) < 4.78 is 0. The molecule has 0 saturated carbocycles. The van der Waals surface area contributed by atoms with Gasteiger partial charge < -0.3 is 16.2 Å². The first-order chi connectivity index (χ1) is 13.6. The summed E-state index contributed by atoms with van der Waals surface area (Å²) in [5.41, 5.74) is 9.59. The van der Waals surface area contributed by atoms with E-state index in [-0.39, 0.29) is 18.6 Å². The maximum atomic E-state index is 12.9. The summed E-state index contributed by atoms with van der Waals surface area (Å²) in [4.78, 5) is 23.1. The third kappa shape index (κ3) is 3.61. The molecule has 1 aromatic carbocycles. The highest BCUT2D eigenvalue weighted by Gasteiger charge is 2.25. The number of amides is 1. The Balaban J connectivity index is 1.60. The van der Waals surface area contributed by atoms with Crippen LogP contribution in [0.25, 0.3) is 11.3 Å². The highest BCUT2D eigenvalue weighted by Crippen LogP contribution is 2.39. The predicted molar refractivity (Wildman–Crippen MR) is 111 cm³/mol. The highest BCUT2D eigenvalue weighted by molar-refractivity contribution is 7.14. The van der Waals surface area contributed by atoms with Crippen molar-refractivity contribution in [2.45, 2.75) is 25.3 Å². The van der Waals surface area contributed by atoms with Crippen molar-refractivity contribution in [3.05, 3.63) is 62.6 Å². The number of aliphatic hydroxyl groups is 1. The summed E-state index contributed by atoms with van der Waals surface area (Å²) in [6.07, 6.45) is 3.47. The van der Waals surface area contributed by atoms with Crippen molar-refractivity contribution in [2.75, 3.05) is 12.3 Å². The molecule has 0 aliphatic heterocycles. The number of anilines is 1. The largest absolute Gasteiger partial charge is 0.396 e. The maximum Gasteiger partial charge on any atom is 0.261 e. The Morgan fingerprint density at radius 2 is 2.07 bits per heavy atom. The molecule has 28 heavy (non-hydrogen) atoms. The van der Waals surface area contributed by atoms with Crippen LogP contribution in [0.2, 0.25) is 5.02 Å². The van der Waals surface area contributed by atoms with Crippen molar-refractivity contribution in [1.82, 2.24) is 15.3 Å². The van der Waals surface area contributed by atoms with Gasteiger partial charge >= 0.3 is 0 Å². The normalized spacial score (nSPS) is 13.5. The van der Waals surface area contributed by atoms with Crippen LogP contribution >= 0.6 is 22.9 Å². The van der Waals surface area contributed by atoms with Gasteiger partial charge in [0.05, 0.1) is 16.6 Å². The molecule has 2 aromatic heterocycles. The second-order valence-electron chi connectivity index (χ2n) is 6.62. The predicted octanol–water partition coefficient (Wildman–Crippen LogP) is 3.39. The van der Waals surface area contributed by atoms with Gasteiger partial charge in [0.25, 0.3) is 5.91 Å². The number of benzene rings is 1. The van der Waals surface area contributed by atoms with E-state index in [0.29, 0.717) is 22.1 Å². The number of aliphatic hydroxyl groups excluding tert-OH is 1. The highest BCUT2D eigenvalue weighted by atomic mass is 35.5. The van der Waals surface area contributed by atoms with Gasteiger partial charge in [0.1, 0.15) is 12.1 Å². The summed E-state index contributed by atoms with van der Waals surface area (Å²) in [6, 6.07) is 8.85. The standard InChI is InChI=1S/C20H19ClN4O2S/c21-12-3-1-11(2-4-12)15(7-8-26)25-20(27)17-9-14-16(28-17)6-5-13-18(14)23-10-24-19(13)22/h1-4,9-10,15,26H,5-8H2,(H,25,27)(H2,22,23,24)/t15-/m0/s1. The average molecular weight is 415 g/mol. The zero-order chi connectivity index (χ0) is 19.7. The number of hydrogen-bond acceptors (Lipinski definition) is 6. The maximum absolute atomic E-state index is 12.9. The van der Waals surface area contributed by atoms with Crippen LogP contribution in [0.3, 0.4) is 0 Å². The minimum Gasteiger partial charge on any atom is -0.396 e. The fourth-order valence-corrected chi connectivity index (χ4v) is 4.64. The molecule has 6 nitrogen and oxygen atoms in total. The van der Waals surface area contributed by atoms with E-state index in [0.717, 1.165) is 40.1 Å². The van der Waals surface area contributed by atoms with E-state index in [4.69, 9.17) is 17.3 Å². The van der Waals surface area contributed by atoms with Gasteiger partial charge in [-0.1, -0.05) is 23.7 Å². The number of nitrogens with zero attached hydrogens (tertiary/aromatic N) is 2. The van der Waals surface area contributed by atoms with Gasteiger partial charge in [-0.3, -0.25) is 4.79 Å². The number of rotatable bonds is 5. The number of nitrogen functional groups attached to an aromatic ring is 1. The second-order valence-corrected chi connectivity index (χ2v) is 8.20. The van der Waals surface area contributed by atoms with Crippen LogP contribution in [0.4, 0.5) is 5.82 Å². The van der Waals surface area contributed by atoms with Crippen LogP contribution in [0.5, 0.6) is 0 Å². The molecular formula is C20H19ClN4O2S. The number of nitrogens with two attached hydrogens (primary N) is 1. The summed E-state index contributed by atoms with van der Waals surface area (Å²) in [5.74, 6) is 0.329. The zero-order valence-corrected chi connectivity index (χ0v) is 16.6. The molecule has 0 fully saturated rings. The number of halogens is 1. The minimum atomic E-state index is -0.292. The van der Waals surface area contributed by atoms with Crippen molar-refractivity contribution in [3.8, 4) is 11.3 Å². The van der Waals surface area contributed by atoms with Crippen LogP contribution in [-0.2, 0) is 12.8 Å². The van der Waals surface area contributed by atoms with E-state index >= 15 is 0 Å². The summed E-state index contributed by atoms with van der Waals surface area (Å²) in [7, 11) is 0. The first-order valence-electron chi connectivity index (χ1n) is 8.96. The number of thiophene rings is 1. The number of carbonyl (C=O) groups excluding carboxylic acids is 1. The quantitative estimate of drug-likeness (QED) is 0.594. The van der Waals surface area contributed by atoms with Gasteiger partial charge in [-0.05, 0) is 43.0 Å². The smallest absolute Gasteiger partial charge is 0.261 e. The zero-order valence-electron chi connectivity index (χ0n) is 15.0. The van der Waals surface area contributed by atoms with E-state index in [9.17, 15) is 9.90 Å². The Hall–Kier alpha value is -2.48. The monoisotopic (exact) mass is 414 g/mol. The van der Waals surface area contributed by atoms with Crippen LogP contribution in [0, 0.1) is 0 Å². The molecule has 4 N–H and O–H groups in total. The lowest BCUT2D eigenvalue weighted by molar-refractivity contribution is 0.0934. The van der Waals surface area contributed by atoms with Gasteiger partial charge in [0.15, 0.2) is 0 Å². The molecule has 1 aliphatic carbocycles. The fourth-order valence-electron chi connectivity index (χ4n) is 3.45. The van der Waals surface area contributed by atoms with Gasteiger partial charge in [0, 0.05) is 27.6 Å². The van der Waals surface area contributed by atoms with Gasteiger partial charge in [0.2, 0.25) is 0 Å². The molecular weight excluding hydrogens is 396 g/mol. The molecule has 1 amide bonds. The Bertz CT molecular complexity index is 1020. The molecule has 0 bridgehead atoms. The van der Waals surface area contributed by atoms with E-state index in [1.54, 1.807) is 12.1 Å². The van der Waals surface area contributed by atoms with E-state index in [2.05, 4.69) is 15.3 Å². The Kier molecular flexibility index (Phi) is 5.30. The molecule has 0 spiro atoms. The number of aromatic nitrogens is 2. The third-order valence-corrected chi connectivity index (χ3v) is 6.31. The van der Waals surface area contributed by atoms with Crippen molar-refractivity contribution >= 4 is 34.7 Å². The van der Waals surface area contributed by atoms with Gasteiger partial charge in [-0.2, -0.15) is 0 Å². The van der Waals surface area contributed by atoms with Gasteiger partial charge in [-0.15, -0.1) is 11.3 Å². The number of fused-ring (bicyclic) bond motifs is 3. The first kappa shape index (κ1) is 18.9. The van der Waals surface area contributed by atoms with Crippen LogP contribution < -0.4 is 11.1 Å². The molecule has 8 heteroatoms. The van der Waals surface area contributed by atoms with E-state index < -0.39 is 0 Å². The van der Waals surface area contributed by atoms with Crippen molar-refractivity contribution in [1.29, 1.82) is 0 Å². The van der Waals surface area contributed by atoms with Crippen molar-refractivity contribution in [2.24, 2.45) is 0 Å². The lowest BCUT2D eigenvalue weighted by atomic mass is 9.95. The molecule has 3 aromatic rings. The molecule has 0 unspecified atom stereocenters. The molecule has 2 heterocycles. The average Bonchev–Trinajstić information content (AvgIpc) is 3.13. The summed E-state index contributed by atoms with van der Waals surface area (Å²) in [6.45, 7) is -0.0297. The summed E-state index contributed by atoms with van der Waals surface area (Å²) in [5, 5.41) is 13.1. The number of nitrogens with one attached hydrogen (secondary N) is 1. The third-order valence-electron chi connectivity index (χ3n) is 4.86. The fraction of sp³-hybridized carbons (Fsp3) is 0.250. The molecule has 0 saturated heterocycles. The lowest BCUT2D eigenvalue weighted by Crippen LogP contribution is -2.28. The molecule has 0 radical (unpaired) electrons. The van der Waals surface area contributed by atoms with Crippen LogP contribution in [0.1, 0.15) is 38.1 Å². The Labute approximate surface area is 171 Å². The minimum absolute atomic E-state index is 0.0297. The Morgan fingerprint density at radius 3 is 2.82 bits per heavy atom. The van der Waals surface area contributed by atoms with Crippen molar-refractivity contribution in [3.63, 3.8) is 0 Å². The molecule has 1 atom stereocenters. The van der Waals surface area contributed by atoms with E-state index in [1.165, 1.54) is 17.7 Å². The molecule has 144 valence electrons. The topological polar surface area (TPSA) is 101 Å². The first-order valence-corrected chi connectivity index (χ1v) is 10.2. The second kappa shape index (κ2) is 7.87. The summed E-state index contributed by atoms with van der Waals surface area (Å²) >= 11 is 7.42. The SMILES string of the molecule is Nc1ncnc2c1CCc1sc(C(=O)N[C@@H](CCO)c3ccc(Cl)cc3)cc1-2. The number of carbonyl (C=O) groups is 1. The van der Waals surface area contributed by atoms with Crippen LogP contribution in [0.15, 0.2) is 36.7 Å². The number of hydrogen-bond donors (Lipinski definition) is 3. The molecule has 4 rings (SSSR count). The van der Waals surface area contributed by atoms with Gasteiger partial charge in [-0.25, -0.2) is 9.97 Å². The number of aryl methyl sites for hydroxylation is 1. The van der Waals surface area contributed by atoms with Crippen LogP contribution in [-0.4, -0.2) is 27.6 Å².